The van der Waals surface area contributed by atoms with Gasteiger partial charge in [0, 0.05) is 44.1 Å². The molecule has 2 saturated carbocycles. The van der Waals surface area contributed by atoms with Gasteiger partial charge in [-0.15, -0.1) is 0 Å². The Labute approximate surface area is 144 Å². The number of hydrogen-bond donors (Lipinski definition) is 1. The quantitative estimate of drug-likeness (QED) is 0.835. The van der Waals surface area contributed by atoms with Gasteiger partial charge in [0.25, 0.3) is 0 Å². The summed E-state index contributed by atoms with van der Waals surface area (Å²) in [5.41, 5.74) is 6.22. The van der Waals surface area contributed by atoms with Gasteiger partial charge in [-0.1, -0.05) is 12.8 Å². The van der Waals surface area contributed by atoms with Crippen molar-refractivity contribution in [2.45, 2.75) is 57.4 Å². The Balaban J connectivity index is 1.44. The van der Waals surface area contributed by atoms with Crippen LogP contribution in [0.25, 0.3) is 0 Å². The molecule has 5 heteroatoms. The van der Waals surface area contributed by atoms with E-state index in [2.05, 4.69) is 4.90 Å². The van der Waals surface area contributed by atoms with Crippen molar-refractivity contribution in [3.8, 4) is 0 Å². The Bertz CT molecular complexity index is 503. The summed E-state index contributed by atoms with van der Waals surface area (Å²) in [6.45, 7) is 3.47. The lowest BCUT2D eigenvalue weighted by Crippen LogP contribution is -2.46. The van der Waals surface area contributed by atoms with E-state index in [1.807, 2.05) is 4.90 Å². The molecule has 5 nitrogen and oxygen atoms in total. The van der Waals surface area contributed by atoms with Crippen molar-refractivity contribution in [1.82, 2.24) is 9.80 Å². The van der Waals surface area contributed by atoms with E-state index in [4.69, 9.17) is 5.73 Å². The number of amides is 2. The van der Waals surface area contributed by atoms with Gasteiger partial charge in [0.2, 0.25) is 11.8 Å². The largest absolute Gasteiger partial charge is 0.342 e. The van der Waals surface area contributed by atoms with Gasteiger partial charge in [0.05, 0.1) is 0 Å². The molecule has 4 rings (SSSR count). The van der Waals surface area contributed by atoms with Crippen molar-refractivity contribution in [1.29, 1.82) is 0 Å². The first-order chi connectivity index (χ1) is 11.6. The van der Waals surface area contributed by atoms with Crippen molar-refractivity contribution in [2.75, 3.05) is 26.2 Å². The van der Waals surface area contributed by atoms with Crippen LogP contribution in [-0.4, -0.2) is 53.8 Å². The number of likely N-dealkylation sites (tertiary alicyclic amines) is 2. The van der Waals surface area contributed by atoms with Crippen LogP contribution in [-0.2, 0) is 9.59 Å². The van der Waals surface area contributed by atoms with Gasteiger partial charge in [-0.3, -0.25) is 9.59 Å². The van der Waals surface area contributed by atoms with E-state index in [1.165, 1.54) is 0 Å². The van der Waals surface area contributed by atoms with E-state index < -0.39 is 0 Å². The molecule has 134 valence electrons. The van der Waals surface area contributed by atoms with Crippen molar-refractivity contribution in [3.63, 3.8) is 0 Å². The standard InChI is InChI=1S/C19H31N3O2/c20-17-8-7-13-11-22(12-16(13)17)19(24)15-6-2-1-5-14(15)18(23)21-9-3-4-10-21/h13-17H,1-12,20H2. The number of nitrogens with two attached hydrogens (primary N) is 1. The van der Waals surface area contributed by atoms with Crippen LogP contribution in [0.5, 0.6) is 0 Å². The van der Waals surface area contributed by atoms with Gasteiger partial charge in [0.15, 0.2) is 0 Å². The maximum Gasteiger partial charge on any atom is 0.226 e. The Hall–Kier alpha value is -1.10. The predicted octanol–water partition coefficient (Wildman–Crippen LogP) is 1.61. The normalized spacial score (nSPS) is 39.3. The highest BCUT2D eigenvalue weighted by Crippen LogP contribution is 2.40. The average Bonchev–Trinajstić information content (AvgIpc) is 3.32. The Kier molecular flexibility index (Phi) is 4.54. The van der Waals surface area contributed by atoms with Crippen LogP contribution in [0.4, 0.5) is 0 Å². The van der Waals surface area contributed by atoms with Gasteiger partial charge in [0.1, 0.15) is 0 Å². The second-order valence-corrected chi connectivity index (χ2v) is 8.44. The molecule has 0 aromatic heterocycles. The van der Waals surface area contributed by atoms with Crippen LogP contribution >= 0.6 is 0 Å². The third-order valence-electron chi connectivity index (χ3n) is 7.04. The summed E-state index contributed by atoms with van der Waals surface area (Å²) in [6, 6.07) is 0.265. The third kappa shape index (κ3) is 2.85. The first kappa shape index (κ1) is 16.4. The average molecular weight is 333 g/mol. The summed E-state index contributed by atoms with van der Waals surface area (Å²) in [5, 5.41) is 0. The fourth-order valence-electron chi connectivity index (χ4n) is 5.62. The number of rotatable bonds is 2. The van der Waals surface area contributed by atoms with Crippen molar-refractivity contribution < 1.29 is 9.59 Å². The maximum absolute atomic E-state index is 13.2. The van der Waals surface area contributed by atoms with Crippen molar-refractivity contribution >= 4 is 11.8 Å². The van der Waals surface area contributed by atoms with Gasteiger partial charge in [-0.2, -0.15) is 0 Å². The van der Waals surface area contributed by atoms with Crippen molar-refractivity contribution in [2.24, 2.45) is 29.4 Å². The van der Waals surface area contributed by atoms with E-state index in [0.29, 0.717) is 11.8 Å². The van der Waals surface area contributed by atoms with Gasteiger partial charge in [-0.05, 0) is 50.4 Å². The topological polar surface area (TPSA) is 66.6 Å². The fraction of sp³-hybridized carbons (Fsp3) is 0.895. The fourth-order valence-corrected chi connectivity index (χ4v) is 5.62. The first-order valence-electron chi connectivity index (χ1n) is 9.98. The lowest BCUT2D eigenvalue weighted by atomic mass is 9.77. The van der Waals surface area contributed by atoms with E-state index in [-0.39, 0.29) is 29.7 Å². The monoisotopic (exact) mass is 333 g/mol. The van der Waals surface area contributed by atoms with Gasteiger partial charge >= 0.3 is 0 Å². The SMILES string of the molecule is NC1CCC2CN(C(=O)C3CCCCC3C(=O)N3CCCC3)CC12. The van der Waals surface area contributed by atoms with E-state index in [0.717, 1.165) is 77.5 Å². The zero-order valence-corrected chi connectivity index (χ0v) is 14.7. The third-order valence-corrected chi connectivity index (χ3v) is 7.04. The Morgan fingerprint density at radius 2 is 1.38 bits per heavy atom. The highest BCUT2D eigenvalue weighted by molar-refractivity contribution is 5.88. The molecule has 2 amide bonds. The predicted molar refractivity (Wildman–Crippen MR) is 92.0 cm³/mol. The molecule has 5 unspecified atom stereocenters. The molecular formula is C19H31N3O2. The van der Waals surface area contributed by atoms with Crippen molar-refractivity contribution in [3.05, 3.63) is 0 Å². The zero-order valence-electron chi connectivity index (χ0n) is 14.7. The van der Waals surface area contributed by atoms with E-state index in [9.17, 15) is 9.59 Å². The molecule has 2 saturated heterocycles. The number of carbonyl (C=O) groups excluding carboxylic acids is 2. The smallest absolute Gasteiger partial charge is 0.226 e. The molecule has 2 aliphatic heterocycles. The molecule has 24 heavy (non-hydrogen) atoms. The number of fused-ring (bicyclic) bond motifs is 1. The molecule has 0 spiro atoms. The second kappa shape index (κ2) is 6.66. The zero-order chi connectivity index (χ0) is 16.7. The summed E-state index contributed by atoms with van der Waals surface area (Å²) >= 11 is 0. The minimum absolute atomic E-state index is 0.0709. The maximum atomic E-state index is 13.2. The lowest BCUT2D eigenvalue weighted by molar-refractivity contribution is -0.147. The molecule has 2 aliphatic carbocycles. The van der Waals surface area contributed by atoms with Crippen LogP contribution in [0, 0.1) is 23.7 Å². The molecule has 4 fully saturated rings. The summed E-state index contributed by atoms with van der Waals surface area (Å²) < 4.78 is 0. The lowest BCUT2D eigenvalue weighted by Gasteiger charge is -2.35. The molecular weight excluding hydrogens is 302 g/mol. The summed E-state index contributed by atoms with van der Waals surface area (Å²) in [7, 11) is 0. The highest BCUT2D eigenvalue weighted by atomic mass is 16.2. The van der Waals surface area contributed by atoms with E-state index >= 15 is 0 Å². The molecule has 0 aromatic rings. The van der Waals surface area contributed by atoms with E-state index in [1.54, 1.807) is 0 Å². The number of nitrogens with zero attached hydrogens (tertiary/aromatic N) is 2. The summed E-state index contributed by atoms with van der Waals surface area (Å²) in [5.74, 6) is 1.43. The Morgan fingerprint density at radius 3 is 2.00 bits per heavy atom. The molecule has 2 heterocycles. The van der Waals surface area contributed by atoms with Gasteiger partial charge < -0.3 is 15.5 Å². The molecule has 0 radical (unpaired) electrons. The molecule has 4 aliphatic rings. The minimum atomic E-state index is -0.0816. The first-order valence-corrected chi connectivity index (χ1v) is 9.98. The van der Waals surface area contributed by atoms with Crippen LogP contribution in [0.3, 0.4) is 0 Å². The molecule has 2 N–H and O–H groups in total. The number of hydrogen-bond acceptors (Lipinski definition) is 3. The Morgan fingerprint density at radius 1 is 0.750 bits per heavy atom. The van der Waals surface area contributed by atoms with Crippen LogP contribution in [0.1, 0.15) is 51.4 Å². The summed E-state index contributed by atoms with van der Waals surface area (Å²) in [4.78, 5) is 30.2. The second-order valence-electron chi connectivity index (χ2n) is 8.44. The molecule has 0 bridgehead atoms. The highest BCUT2D eigenvalue weighted by Gasteiger charge is 2.46. The molecule has 0 aromatic carbocycles. The molecule has 5 atom stereocenters. The van der Waals surface area contributed by atoms with Crippen LogP contribution in [0.2, 0.25) is 0 Å². The number of carbonyl (C=O) groups is 2. The minimum Gasteiger partial charge on any atom is -0.342 e. The van der Waals surface area contributed by atoms with Crippen LogP contribution < -0.4 is 5.73 Å². The summed E-state index contributed by atoms with van der Waals surface area (Å²) in [6.07, 6.45) is 8.46. The van der Waals surface area contributed by atoms with Crippen LogP contribution in [0.15, 0.2) is 0 Å². The van der Waals surface area contributed by atoms with Gasteiger partial charge in [-0.25, -0.2) is 0 Å².